The SMILES string of the molecule is CNC(C)c1ccc(OC)cc1OCc1cncc(Br)c1. The molecule has 1 N–H and O–H groups in total. The predicted molar refractivity (Wildman–Crippen MR) is 86.7 cm³/mol. The first-order valence-corrected chi connectivity index (χ1v) is 7.50. The number of aromatic nitrogens is 1. The highest BCUT2D eigenvalue weighted by Crippen LogP contribution is 2.30. The number of hydrogen-bond acceptors (Lipinski definition) is 4. The van der Waals surface area contributed by atoms with Crippen LogP contribution in [0.4, 0.5) is 0 Å². The molecule has 2 aromatic rings. The smallest absolute Gasteiger partial charge is 0.128 e. The van der Waals surface area contributed by atoms with Crippen LogP contribution in [0.2, 0.25) is 0 Å². The molecule has 2 rings (SSSR count). The minimum absolute atomic E-state index is 0.201. The fourth-order valence-electron chi connectivity index (χ4n) is 1.98. The van der Waals surface area contributed by atoms with E-state index in [1.807, 2.05) is 31.3 Å². The van der Waals surface area contributed by atoms with Crippen LogP contribution in [-0.2, 0) is 6.61 Å². The molecule has 0 radical (unpaired) electrons. The summed E-state index contributed by atoms with van der Waals surface area (Å²) in [5.41, 5.74) is 2.11. The maximum absolute atomic E-state index is 5.96. The molecule has 0 fully saturated rings. The van der Waals surface area contributed by atoms with Gasteiger partial charge in [0.25, 0.3) is 0 Å². The van der Waals surface area contributed by atoms with Crippen LogP contribution in [0.25, 0.3) is 0 Å². The molecule has 1 atom stereocenters. The Balaban J connectivity index is 2.20. The van der Waals surface area contributed by atoms with Crippen LogP contribution < -0.4 is 14.8 Å². The lowest BCUT2D eigenvalue weighted by atomic mass is 10.1. The summed E-state index contributed by atoms with van der Waals surface area (Å²) in [6, 6.07) is 8.07. The average Bonchev–Trinajstić information content (AvgIpc) is 2.52. The van der Waals surface area contributed by atoms with Crippen molar-refractivity contribution in [3.05, 3.63) is 52.3 Å². The minimum atomic E-state index is 0.201. The van der Waals surface area contributed by atoms with Crippen LogP contribution in [-0.4, -0.2) is 19.1 Å². The Morgan fingerprint density at radius 2 is 2.10 bits per heavy atom. The molecule has 1 aromatic heterocycles. The third kappa shape index (κ3) is 4.19. The molecule has 0 spiro atoms. The van der Waals surface area contributed by atoms with Crippen molar-refractivity contribution in [2.45, 2.75) is 19.6 Å². The van der Waals surface area contributed by atoms with Crippen molar-refractivity contribution >= 4 is 15.9 Å². The quantitative estimate of drug-likeness (QED) is 0.862. The maximum Gasteiger partial charge on any atom is 0.128 e. The van der Waals surface area contributed by atoms with Crippen molar-refractivity contribution < 1.29 is 9.47 Å². The van der Waals surface area contributed by atoms with Crippen LogP contribution >= 0.6 is 15.9 Å². The second-order valence-electron chi connectivity index (χ2n) is 4.71. The molecular formula is C16H19BrN2O2. The molecule has 0 saturated heterocycles. The first-order valence-electron chi connectivity index (χ1n) is 6.71. The first-order chi connectivity index (χ1) is 10.1. The minimum Gasteiger partial charge on any atom is -0.497 e. The molecule has 0 aliphatic heterocycles. The van der Waals surface area contributed by atoms with Crippen LogP contribution in [0.1, 0.15) is 24.1 Å². The molecule has 4 nitrogen and oxygen atoms in total. The van der Waals surface area contributed by atoms with Crippen molar-refractivity contribution in [3.63, 3.8) is 0 Å². The van der Waals surface area contributed by atoms with Gasteiger partial charge < -0.3 is 14.8 Å². The van der Waals surface area contributed by atoms with Gasteiger partial charge in [0, 0.05) is 40.1 Å². The van der Waals surface area contributed by atoms with Crippen molar-refractivity contribution in [2.75, 3.05) is 14.2 Å². The van der Waals surface area contributed by atoms with Crippen molar-refractivity contribution in [2.24, 2.45) is 0 Å². The molecule has 5 heteroatoms. The predicted octanol–water partition coefficient (Wildman–Crippen LogP) is 3.71. The van der Waals surface area contributed by atoms with E-state index in [9.17, 15) is 0 Å². The van der Waals surface area contributed by atoms with Gasteiger partial charge in [-0.15, -0.1) is 0 Å². The number of nitrogens with one attached hydrogen (secondary N) is 1. The molecule has 0 saturated carbocycles. The molecule has 1 aromatic carbocycles. The fraction of sp³-hybridized carbons (Fsp3) is 0.312. The Morgan fingerprint density at radius 3 is 2.76 bits per heavy atom. The number of hydrogen-bond donors (Lipinski definition) is 1. The van der Waals surface area contributed by atoms with Gasteiger partial charge in [0.05, 0.1) is 7.11 Å². The van der Waals surface area contributed by atoms with Gasteiger partial charge in [-0.25, -0.2) is 0 Å². The maximum atomic E-state index is 5.96. The monoisotopic (exact) mass is 350 g/mol. The van der Waals surface area contributed by atoms with Crippen LogP contribution in [0.3, 0.4) is 0 Å². The van der Waals surface area contributed by atoms with E-state index in [1.54, 1.807) is 19.5 Å². The Morgan fingerprint density at radius 1 is 1.29 bits per heavy atom. The Kier molecular flexibility index (Phi) is 5.59. The van der Waals surface area contributed by atoms with Gasteiger partial charge in [0.1, 0.15) is 18.1 Å². The average molecular weight is 351 g/mol. The topological polar surface area (TPSA) is 43.4 Å². The third-order valence-corrected chi connectivity index (χ3v) is 3.71. The highest BCUT2D eigenvalue weighted by molar-refractivity contribution is 9.10. The van der Waals surface area contributed by atoms with Gasteiger partial charge in [0.2, 0.25) is 0 Å². The summed E-state index contributed by atoms with van der Waals surface area (Å²) in [6.45, 7) is 2.55. The summed E-state index contributed by atoms with van der Waals surface area (Å²) in [4.78, 5) is 4.14. The zero-order chi connectivity index (χ0) is 15.2. The second-order valence-corrected chi connectivity index (χ2v) is 5.63. The Hall–Kier alpha value is -1.59. The van der Waals surface area contributed by atoms with Crippen LogP contribution in [0, 0.1) is 0 Å². The lowest BCUT2D eigenvalue weighted by molar-refractivity contribution is 0.297. The number of halogens is 1. The van der Waals surface area contributed by atoms with Gasteiger partial charge in [-0.05, 0) is 42.0 Å². The van der Waals surface area contributed by atoms with Gasteiger partial charge in [-0.1, -0.05) is 6.07 Å². The number of ether oxygens (including phenoxy) is 2. The fourth-order valence-corrected chi connectivity index (χ4v) is 2.39. The van der Waals surface area contributed by atoms with E-state index in [0.29, 0.717) is 6.61 Å². The van der Waals surface area contributed by atoms with Crippen LogP contribution in [0.5, 0.6) is 11.5 Å². The zero-order valence-corrected chi connectivity index (χ0v) is 14.0. The number of pyridine rings is 1. The van der Waals surface area contributed by atoms with E-state index < -0.39 is 0 Å². The van der Waals surface area contributed by atoms with Crippen molar-refractivity contribution in [1.82, 2.24) is 10.3 Å². The van der Waals surface area contributed by atoms with Gasteiger partial charge in [0.15, 0.2) is 0 Å². The van der Waals surface area contributed by atoms with Gasteiger partial charge in [-0.2, -0.15) is 0 Å². The van der Waals surface area contributed by atoms with E-state index in [-0.39, 0.29) is 6.04 Å². The Bertz CT molecular complexity index is 605. The molecule has 21 heavy (non-hydrogen) atoms. The van der Waals surface area contributed by atoms with Crippen molar-refractivity contribution in [1.29, 1.82) is 0 Å². The normalized spacial score (nSPS) is 12.0. The summed E-state index contributed by atoms with van der Waals surface area (Å²) in [7, 11) is 3.58. The molecule has 1 unspecified atom stereocenters. The molecule has 0 aliphatic carbocycles. The van der Waals surface area contributed by atoms with Gasteiger partial charge in [-0.3, -0.25) is 4.98 Å². The number of nitrogens with zero attached hydrogens (tertiary/aromatic N) is 1. The van der Waals surface area contributed by atoms with E-state index in [0.717, 1.165) is 27.1 Å². The van der Waals surface area contributed by atoms with E-state index >= 15 is 0 Å². The lowest BCUT2D eigenvalue weighted by Gasteiger charge is -2.17. The number of rotatable bonds is 6. The van der Waals surface area contributed by atoms with Crippen molar-refractivity contribution in [3.8, 4) is 11.5 Å². The lowest BCUT2D eigenvalue weighted by Crippen LogP contribution is -2.14. The van der Waals surface area contributed by atoms with E-state index in [2.05, 4.69) is 33.2 Å². The second kappa shape index (κ2) is 7.43. The third-order valence-electron chi connectivity index (χ3n) is 3.28. The summed E-state index contributed by atoms with van der Waals surface area (Å²) in [6.07, 6.45) is 3.55. The molecule has 0 amide bonds. The van der Waals surface area contributed by atoms with E-state index in [1.165, 1.54) is 0 Å². The molecule has 112 valence electrons. The number of methoxy groups -OCH3 is 1. The standard InChI is InChI=1S/C16H19BrN2O2/c1-11(18-2)15-5-4-14(20-3)7-16(15)21-10-12-6-13(17)9-19-8-12/h4-9,11,18H,10H2,1-3H3. The largest absolute Gasteiger partial charge is 0.497 e. The van der Waals surface area contributed by atoms with Crippen LogP contribution in [0.15, 0.2) is 41.1 Å². The molecule has 1 heterocycles. The summed E-state index contributed by atoms with van der Waals surface area (Å²) in [5.74, 6) is 1.60. The number of benzene rings is 1. The van der Waals surface area contributed by atoms with Gasteiger partial charge >= 0.3 is 0 Å². The molecular weight excluding hydrogens is 332 g/mol. The van der Waals surface area contributed by atoms with E-state index in [4.69, 9.17) is 9.47 Å². The molecule has 0 aliphatic rings. The Labute approximate surface area is 133 Å². The first kappa shape index (κ1) is 15.8. The summed E-state index contributed by atoms with van der Waals surface area (Å²) < 4.78 is 12.2. The summed E-state index contributed by atoms with van der Waals surface area (Å²) in [5, 5.41) is 3.23. The zero-order valence-electron chi connectivity index (χ0n) is 12.4. The highest BCUT2D eigenvalue weighted by atomic mass is 79.9. The highest BCUT2D eigenvalue weighted by Gasteiger charge is 2.12. The molecule has 0 bridgehead atoms. The summed E-state index contributed by atoms with van der Waals surface area (Å²) >= 11 is 3.41.